The van der Waals surface area contributed by atoms with Gasteiger partial charge in [0.25, 0.3) is 0 Å². The average Bonchev–Trinajstić information content (AvgIpc) is 1.93. The van der Waals surface area contributed by atoms with Crippen LogP contribution < -0.4 is 0 Å². The van der Waals surface area contributed by atoms with E-state index in [1.54, 1.807) is 24.3 Å². The zero-order chi connectivity index (χ0) is 8.27. The van der Waals surface area contributed by atoms with Crippen molar-refractivity contribution in [3.63, 3.8) is 0 Å². The summed E-state index contributed by atoms with van der Waals surface area (Å²) in [4.78, 5) is 0. The molecule has 0 N–H and O–H groups in total. The van der Waals surface area contributed by atoms with Crippen molar-refractivity contribution in [2.24, 2.45) is 0 Å². The van der Waals surface area contributed by atoms with E-state index in [9.17, 15) is 8.78 Å². The molecule has 0 bridgehead atoms. The van der Waals surface area contributed by atoms with Crippen molar-refractivity contribution < 1.29 is 8.78 Å². The third-order valence-corrected chi connectivity index (χ3v) is 1.37. The van der Waals surface area contributed by atoms with Crippen molar-refractivity contribution in [1.29, 1.82) is 0 Å². The van der Waals surface area contributed by atoms with E-state index >= 15 is 0 Å². The number of rotatable bonds is 2. The lowest BCUT2D eigenvalue weighted by Crippen LogP contribution is -1.95. The van der Waals surface area contributed by atoms with Crippen LogP contribution in [0.1, 0.15) is 11.1 Å². The molecule has 11 heavy (non-hydrogen) atoms. The van der Waals surface area contributed by atoms with E-state index in [1.165, 1.54) is 0 Å². The summed E-state index contributed by atoms with van der Waals surface area (Å²) in [7, 11) is 0. The zero-order valence-electron chi connectivity index (χ0n) is 5.93. The Bertz CT molecular complexity index is 214. The summed E-state index contributed by atoms with van der Waals surface area (Å²) in [5.41, 5.74) is 1.22. The van der Waals surface area contributed by atoms with Crippen LogP contribution in [0.2, 0.25) is 0 Å². The number of benzene rings is 1. The Morgan fingerprint density at radius 3 is 2.18 bits per heavy atom. The fourth-order valence-electron chi connectivity index (χ4n) is 0.832. The predicted molar refractivity (Wildman–Crippen MR) is 39.6 cm³/mol. The smallest absolute Gasteiger partial charge is 0.210 e. The largest absolute Gasteiger partial charge is 0.242 e. The van der Waals surface area contributed by atoms with Crippen LogP contribution in [0.3, 0.4) is 0 Å². The number of hydrogen-bond acceptors (Lipinski definition) is 0. The molecule has 0 nitrogen and oxygen atoms in total. The number of hydrogen-bond donors (Lipinski definition) is 0. The van der Waals surface area contributed by atoms with Gasteiger partial charge < -0.3 is 0 Å². The van der Waals surface area contributed by atoms with Crippen LogP contribution in [0.5, 0.6) is 0 Å². The topological polar surface area (TPSA) is 0 Å². The lowest BCUT2D eigenvalue weighted by atomic mass is 10.1. The molecule has 0 atom stereocenters. The third kappa shape index (κ3) is 2.66. The molecule has 0 spiro atoms. The molecule has 0 heterocycles. The highest BCUT2D eigenvalue weighted by Gasteiger charge is 2.02. The number of halogens is 2. The second-order valence-electron chi connectivity index (χ2n) is 2.34. The van der Waals surface area contributed by atoms with E-state index < -0.39 is 6.43 Å². The van der Waals surface area contributed by atoms with Crippen LogP contribution >= 0.6 is 0 Å². The monoisotopic (exact) mass is 154 g/mol. The van der Waals surface area contributed by atoms with Gasteiger partial charge in [0.2, 0.25) is 6.43 Å². The summed E-state index contributed by atoms with van der Waals surface area (Å²) >= 11 is 0. The van der Waals surface area contributed by atoms with Gasteiger partial charge >= 0.3 is 0 Å². The second-order valence-corrected chi connectivity index (χ2v) is 2.34. The van der Waals surface area contributed by atoms with E-state index in [4.69, 9.17) is 6.92 Å². The van der Waals surface area contributed by atoms with Gasteiger partial charge in [0.1, 0.15) is 0 Å². The molecule has 0 saturated carbocycles. The summed E-state index contributed by atoms with van der Waals surface area (Å²) in [6.07, 6.45) is -2.47. The van der Waals surface area contributed by atoms with Gasteiger partial charge in [0, 0.05) is 6.42 Å². The van der Waals surface area contributed by atoms with Crippen molar-refractivity contribution >= 4 is 0 Å². The molecule has 0 aromatic heterocycles. The minimum absolute atomic E-state index is 0.194. The molecule has 0 fully saturated rings. The molecule has 0 unspecified atom stereocenters. The minimum Gasteiger partial charge on any atom is -0.210 e. The van der Waals surface area contributed by atoms with Crippen molar-refractivity contribution in [2.75, 3.05) is 0 Å². The molecule has 58 valence electrons. The van der Waals surface area contributed by atoms with Crippen molar-refractivity contribution in [2.45, 2.75) is 12.8 Å². The molecular formula is C9H8F2. The van der Waals surface area contributed by atoms with Crippen LogP contribution in [-0.2, 0) is 6.42 Å². The molecule has 1 aromatic carbocycles. The SMILES string of the molecule is [CH]c1ccc(CC(F)F)cc1. The van der Waals surface area contributed by atoms with Crippen LogP contribution in [0.25, 0.3) is 0 Å². The Kier molecular flexibility index (Phi) is 2.58. The lowest BCUT2D eigenvalue weighted by molar-refractivity contribution is 0.149. The maximum Gasteiger partial charge on any atom is 0.242 e. The van der Waals surface area contributed by atoms with E-state index in [2.05, 4.69) is 0 Å². The van der Waals surface area contributed by atoms with E-state index in [0.717, 1.165) is 0 Å². The average molecular weight is 154 g/mol. The molecule has 0 aliphatic heterocycles. The molecule has 1 rings (SSSR count). The van der Waals surface area contributed by atoms with Crippen LogP contribution in [0.15, 0.2) is 24.3 Å². The highest BCUT2D eigenvalue weighted by molar-refractivity contribution is 5.24. The lowest BCUT2D eigenvalue weighted by Gasteiger charge is -1.99. The Morgan fingerprint density at radius 2 is 1.73 bits per heavy atom. The molecule has 0 aliphatic carbocycles. The van der Waals surface area contributed by atoms with Gasteiger partial charge in [-0.15, -0.1) is 0 Å². The van der Waals surface area contributed by atoms with Crippen molar-refractivity contribution in [1.82, 2.24) is 0 Å². The van der Waals surface area contributed by atoms with Gasteiger partial charge in [0.15, 0.2) is 0 Å². The van der Waals surface area contributed by atoms with Crippen LogP contribution in [0.4, 0.5) is 8.78 Å². The Labute approximate surface area is 64.9 Å². The quantitative estimate of drug-likeness (QED) is 0.614. The molecule has 2 heteroatoms. The highest BCUT2D eigenvalue weighted by Crippen LogP contribution is 2.08. The standard InChI is InChI=1S/C9H8F2/c1-7-2-4-8(5-3-7)6-9(10)11/h1-5,9H,6H2. The first-order valence-corrected chi connectivity index (χ1v) is 3.31. The van der Waals surface area contributed by atoms with E-state index in [-0.39, 0.29) is 6.42 Å². The van der Waals surface area contributed by atoms with Gasteiger partial charge in [-0.2, -0.15) is 0 Å². The van der Waals surface area contributed by atoms with Gasteiger partial charge in [-0.3, -0.25) is 0 Å². The summed E-state index contributed by atoms with van der Waals surface area (Å²) < 4.78 is 23.6. The van der Waals surface area contributed by atoms with Gasteiger partial charge in [-0.05, 0) is 18.1 Å². The maximum absolute atomic E-state index is 11.8. The van der Waals surface area contributed by atoms with Gasteiger partial charge in [-0.1, -0.05) is 24.3 Å². The second kappa shape index (κ2) is 3.46. The fraction of sp³-hybridized carbons (Fsp3) is 0.222. The summed E-state index contributed by atoms with van der Waals surface area (Å²) in [5, 5.41) is 0. The maximum atomic E-state index is 11.8. The summed E-state index contributed by atoms with van der Waals surface area (Å²) in [6, 6.07) is 6.47. The molecule has 0 saturated heterocycles. The Morgan fingerprint density at radius 1 is 1.18 bits per heavy atom. The molecule has 2 radical (unpaired) electrons. The predicted octanol–water partition coefficient (Wildman–Crippen LogP) is 2.55. The normalized spacial score (nSPS) is 10.5. The Balaban J connectivity index is 2.66. The van der Waals surface area contributed by atoms with E-state index in [1.807, 2.05) is 0 Å². The first-order chi connectivity index (χ1) is 5.18. The van der Waals surface area contributed by atoms with Crippen molar-refractivity contribution in [3.8, 4) is 0 Å². The molecular weight excluding hydrogens is 146 g/mol. The first kappa shape index (κ1) is 8.18. The van der Waals surface area contributed by atoms with Gasteiger partial charge in [-0.25, -0.2) is 8.78 Å². The van der Waals surface area contributed by atoms with Crippen LogP contribution in [0, 0.1) is 6.92 Å². The first-order valence-electron chi connectivity index (χ1n) is 3.31. The van der Waals surface area contributed by atoms with Crippen molar-refractivity contribution in [3.05, 3.63) is 42.3 Å². The van der Waals surface area contributed by atoms with Gasteiger partial charge in [0.05, 0.1) is 0 Å². The minimum atomic E-state index is -2.28. The summed E-state index contributed by atoms with van der Waals surface area (Å²) in [5.74, 6) is 0. The molecule has 0 aliphatic rings. The highest BCUT2D eigenvalue weighted by atomic mass is 19.3. The fourth-order valence-corrected chi connectivity index (χ4v) is 0.832. The Hall–Kier alpha value is -0.920. The molecule has 0 amide bonds. The third-order valence-electron chi connectivity index (χ3n) is 1.37. The van der Waals surface area contributed by atoms with Crippen LogP contribution in [-0.4, -0.2) is 6.43 Å². The summed E-state index contributed by atoms with van der Waals surface area (Å²) in [6.45, 7) is 5.37. The number of alkyl halides is 2. The molecule has 1 aromatic rings. The zero-order valence-corrected chi connectivity index (χ0v) is 5.93. The van der Waals surface area contributed by atoms with E-state index in [0.29, 0.717) is 11.1 Å².